The summed E-state index contributed by atoms with van der Waals surface area (Å²) in [5.41, 5.74) is 4.14. The first-order chi connectivity index (χ1) is 11.9. The molecule has 0 unspecified atom stereocenters. The molecule has 134 valence electrons. The van der Waals surface area contributed by atoms with Crippen LogP contribution in [-0.4, -0.2) is 6.54 Å². The molecule has 1 aliphatic carbocycles. The second kappa shape index (κ2) is 11.0. The summed E-state index contributed by atoms with van der Waals surface area (Å²) in [6.07, 6.45) is 8.95. The molecule has 0 aromatic heterocycles. The van der Waals surface area contributed by atoms with Gasteiger partial charge in [-0.2, -0.15) is 0 Å². The van der Waals surface area contributed by atoms with Gasteiger partial charge in [-0.1, -0.05) is 54.1 Å². The lowest BCUT2D eigenvalue weighted by Crippen LogP contribution is -2.15. The van der Waals surface area contributed by atoms with Crippen LogP contribution in [0.2, 0.25) is 0 Å². The van der Waals surface area contributed by atoms with Crippen molar-refractivity contribution < 1.29 is 4.74 Å². The van der Waals surface area contributed by atoms with Gasteiger partial charge in [0.2, 0.25) is 0 Å². The van der Waals surface area contributed by atoms with E-state index in [1.165, 1.54) is 43.2 Å². The zero-order chi connectivity index (χ0) is 16.5. The standard InChI is InChI=1S/C22H27NO.ClH/c1-3-7-19(8-4-1)15-16-23-17-20-11-13-22(14-12-20)24-18-21-9-5-2-6-10-21;/h2,5-7,9-14,23H,1,3-4,8,15-18H2;1H. The highest BCUT2D eigenvalue weighted by Crippen LogP contribution is 2.19. The molecule has 0 bridgehead atoms. The van der Waals surface area contributed by atoms with Crippen molar-refractivity contribution in [2.45, 2.75) is 45.3 Å². The Hall–Kier alpha value is -1.77. The number of rotatable bonds is 8. The Bertz CT molecular complexity index is 637. The number of ether oxygens (including phenoxy) is 1. The molecule has 2 nitrogen and oxygen atoms in total. The number of halogens is 1. The lowest BCUT2D eigenvalue weighted by Gasteiger charge is -2.13. The fourth-order valence-corrected chi connectivity index (χ4v) is 3.06. The van der Waals surface area contributed by atoms with Crippen molar-refractivity contribution in [1.82, 2.24) is 5.32 Å². The molecule has 0 heterocycles. The SMILES string of the molecule is C1=C(CCNCc2ccc(OCc3ccccc3)cc2)CCCC1.Cl. The van der Waals surface area contributed by atoms with Gasteiger partial charge in [0, 0.05) is 6.54 Å². The van der Waals surface area contributed by atoms with E-state index in [2.05, 4.69) is 47.8 Å². The van der Waals surface area contributed by atoms with Gasteiger partial charge in [-0.3, -0.25) is 0 Å². The minimum absolute atomic E-state index is 0. The Balaban J connectivity index is 0.00000225. The lowest BCUT2D eigenvalue weighted by atomic mass is 9.97. The van der Waals surface area contributed by atoms with Gasteiger partial charge in [0.15, 0.2) is 0 Å². The number of benzene rings is 2. The van der Waals surface area contributed by atoms with Gasteiger partial charge in [0.05, 0.1) is 0 Å². The van der Waals surface area contributed by atoms with Gasteiger partial charge in [0.25, 0.3) is 0 Å². The Morgan fingerprint density at radius 3 is 2.40 bits per heavy atom. The summed E-state index contributed by atoms with van der Waals surface area (Å²) in [5, 5.41) is 3.54. The smallest absolute Gasteiger partial charge is 0.119 e. The lowest BCUT2D eigenvalue weighted by molar-refractivity contribution is 0.306. The molecule has 0 spiro atoms. The van der Waals surface area contributed by atoms with E-state index < -0.39 is 0 Å². The van der Waals surface area contributed by atoms with Crippen LogP contribution in [0.15, 0.2) is 66.2 Å². The van der Waals surface area contributed by atoms with Crippen LogP contribution in [0, 0.1) is 0 Å². The van der Waals surface area contributed by atoms with Crippen molar-refractivity contribution >= 4 is 12.4 Å². The van der Waals surface area contributed by atoms with Gasteiger partial charge in [-0.15, -0.1) is 12.4 Å². The molecule has 0 saturated carbocycles. The number of hydrogen-bond donors (Lipinski definition) is 1. The first-order valence-corrected chi connectivity index (χ1v) is 9.04. The maximum absolute atomic E-state index is 5.82. The second-order valence-electron chi connectivity index (χ2n) is 6.45. The molecule has 0 atom stereocenters. The Morgan fingerprint density at radius 2 is 1.68 bits per heavy atom. The predicted molar refractivity (Wildman–Crippen MR) is 107 cm³/mol. The summed E-state index contributed by atoms with van der Waals surface area (Å²) in [4.78, 5) is 0. The van der Waals surface area contributed by atoms with Gasteiger partial charge in [-0.05, 0) is 61.9 Å². The van der Waals surface area contributed by atoms with Gasteiger partial charge in [-0.25, -0.2) is 0 Å². The van der Waals surface area contributed by atoms with E-state index in [9.17, 15) is 0 Å². The van der Waals surface area contributed by atoms with Crippen molar-refractivity contribution in [2.75, 3.05) is 6.54 Å². The molecule has 25 heavy (non-hydrogen) atoms. The van der Waals surface area contributed by atoms with Crippen molar-refractivity contribution in [1.29, 1.82) is 0 Å². The second-order valence-corrected chi connectivity index (χ2v) is 6.45. The maximum atomic E-state index is 5.82. The summed E-state index contributed by atoms with van der Waals surface area (Å²) < 4.78 is 5.82. The van der Waals surface area contributed by atoms with Crippen LogP contribution in [0.3, 0.4) is 0 Å². The molecular weight excluding hydrogens is 330 g/mol. The van der Waals surface area contributed by atoms with Crippen LogP contribution >= 0.6 is 12.4 Å². The molecule has 0 saturated heterocycles. The van der Waals surface area contributed by atoms with E-state index in [1.54, 1.807) is 5.57 Å². The molecule has 0 amide bonds. The average Bonchev–Trinajstić information content (AvgIpc) is 2.66. The summed E-state index contributed by atoms with van der Waals surface area (Å²) >= 11 is 0. The highest BCUT2D eigenvalue weighted by molar-refractivity contribution is 5.85. The molecule has 3 heteroatoms. The van der Waals surface area contributed by atoms with Crippen molar-refractivity contribution in [3.63, 3.8) is 0 Å². The summed E-state index contributed by atoms with van der Waals surface area (Å²) in [6.45, 7) is 2.61. The van der Waals surface area contributed by atoms with E-state index in [-0.39, 0.29) is 12.4 Å². The van der Waals surface area contributed by atoms with Crippen LogP contribution in [0.5, 0.6) is 5.75 Å². The third-order valence-electron chi connectivity index (χ3n) is 4.51. The van der Waals surface area contributed by atoms with Crippen LogP contribution in [0.1, 0.15) is 43.2 Å². The molecule has 2 aromatic carbocycles. The van der Waals surface area contributed by atoms with Crippen LogP contribution < -0.4 is 10.1 Å². The van der Waals surface area contributed by atoms with Crippen molar-refractivity contribution in [3.8, 4) is 5.75 Å². The van der Waals surface area contributed by atoms with E-state index in [0.717, 1.165) is 18.8 Å². The van der Waals surface area contributed by atoms with E-state index in [1.807, 2.05) is 18.2 Å². The first kappa shape index (κ1) is 19.6. The molecule has 2 aromatic rings. The van der Waals surface area contributed by atoms with Gasteiger partial charge < -0.3 is 10.1 Å². The van der Waals surface area contributed by atoms with Gasteiger partial charge >= 0.3 is 0 Å². The number of hydrogen-bond acceptors (Lipinski definition) is 2. The molecule has 0 aliphatic heterocycles. The van der Waals surface area contributed by atoms with Crippen LogP contribution in [0.25, 0.3) is 0 Å². The van der Waals surface area contributed by atoms with Crippen molar-refractivity contribution in [3.05, 3.63) is 77.4 Å². The van der Waals surface area contributed by atoms with Gasteiger partial charge in [0.1, 0.15) is 12.4 Å². The van der Waals surface area contributed by atoms with E-state index in [0.29, 0.717) is 6.61 Å². The monoisotopic (exact) mass is 357 g/mol. The summed E-state index contributed by atoms with van der Waals surface area (Å²) in [7, 11) is 0. The Labute approximate surface area is 157 Å². The highest BCUT2D eigenvalue weighted by atomic mass is 35.5. The number of allylic oxidation sites excluding steroid dienone is 1. The molecular formula is C22H28ClNO. The topological polar surface area (TPSA) is 21.3 Å². The fraction of sp³-hybridized carbons (Fsp3) is 0.364. The predicted octanol–water partition coefficient (Wildman–Crippen LogP) is 5.67. The third kappa shape index (κ3) is 6.93. The minimum Gasteiger partial charge on any atom is -0.489 e. The zero-order valence-corrected chi connectivity index (χ0v) is 15.6. The minimum atomic E-state index is 0. The first-order valence-electron chi connectivity index (χ1n) is 9.04. The Kier molecular flexibility index (Phi) is 8.58. The van der Waals surface area contributed by atoms with Crippen molar-refractivity contribution in [2.24, 2.45) is 0 Å². The highest BCUT2D eigenvalue weighted by Gasteiger charge is 2.03. The number of nitrogens with one attached hydrogen (secondary N) is 1. The molecule has 0 fully saturated rings. The quantitative estimate of drug-likeness (QED) is 0.485. The summed E-state index contributed by atoms with van der Waals surface area (Å²) in [5.74, 6) is 0.926. The average molecular weight is 358 g/mol. The largest absolute Gasteiger partial charge is 0.489 e. The van der Waals surface area contributed by atoms with Crippen LogP contribution in [-0.2, 0) is 13.2 Å². The van der Waals surface area contributed by atoms with E-state index >= 15 is 0 Å². The molecule has 1 aliphatic rings. The van der Waals surface area contributed by atoms with E-state index in [4.69, 9.17) is 4.74 Å². The summed E-state index contributed by atoms with van der Waals surface area (Å²) in [6, 6.07) is 18.7. The molecule has 0 radical (unpaired) electrons. The zero-order valence-electron chi connectivity index (χ0n) is 14.7. The maximum Gasteiger partial charge on any atom is 0.119 e. The van der Waals surface area contributed by atoms with Crippen LogP contribution in [0.4, 0.5) is 0 Å². The normalized spacial score (nSPS) is 13.7. The third-order valence-corrected chi connectivity index (χ3v) is 4.51. The Morgan fingerprint density at radius 1 is 0.880 bits per heavy atom. The fourth-order valence-electron chi connectivity index (χ4n) is 3.06. The molecule has 1 N–H and O–H groups in total. The molecule has 3 rings (SSSR count).